The highest BCUT2D eigenvalue weighted by Gasteiger charge is 2.25. The van der Waals surface area contributed by atoms with Gasteiger partial charge >= 0.3 is 0 Å². The van der Waals surface area contributed by atoms with Crippen LogP contribution in [0.5, 0.6) is 0 Å². The van der Waals surface area contributed by atoms with Gasteiger partial charge < -0.3 is 10.2 Å². The Bertz CT molecular complexity index is 772. The third-order valence-electron chi connectivity index (χ3n) is 4.04. The molecule has 1 aromatic carbocycles. The van der Waals surface area contributed by atoms with Gasteiger partial charge in [-0.25, -0.2) is 4.98 Å². The lowest BCUT2D eigenvalue weighted by Gasteiger charge is -2.33. The Balaban J connectivity index is 1.68. The second-order valence-corrected chi connectivity index (χ2v) is 6.17. The topological polar surface area (TPSA) is 69.0 Å². The van der Waals surface area contributed by atoms with Gasteiger partial charge in [-0.1, -0.05) is 29.8 Å². The lowest BCUT2D eigenvalue weighted by Crippen LogP contribution is -2.45. The molecule has 2 aromatic rings. The second-order valence-electron chi connectivity index (χ2n) is 5.77. The number of carbonyl (C=O) groups excluding carboxylic acids is 1. The Kier molecular flexibility index (Phi) is 4.97. The Morgan fingerprint density at radius 2 is 2.17 bits per heavy atom. The zero-order valence-corrected chi connectivity index (χ0v) is 13.8. The van der Waals surface area contributed by atoms with E-state index in [2.05, 4.69) is 10.3 Å². The third kappa shape index (κ3) is 3.66. The molecule has 1 fully saturated rings. The highest BCUT2D eigenvalue weighted by Crippen LogP contribution is 2.23. The number of rotatable bonds is 3. The fourth-order valence-corrected chi connectivity index (χ4v) is 3.06. The largest absolute Gasteiger partial charge is 0.364 e. The summed E-state index contributed by atoms with van der Waals surface area (Å²) in [4.78, 5) is 18.6. The Hall–Kier alpha value is -2.58. The SMILES string of the molecule is N#Cc1cnc(NC2CCCN(C(=O)c3ccccc3)C2)c(Cl)c1. The number of hydrogen-bond acceptors (Lipinski definition) is 4. The molecule has 3 rings (SSSR count). The summed E-state index contributed by atoms with van der Waals surface area (Å²) in [7, 11) is 0. The summed E-state index contributed by atoms with van der Waals surface area (Å²) in [5.74, 6) is 0.593. The van der Waals surface area contributed by atoms with E-state index in [-0.39, 0.29) is 11.9 Å². The summed E-state index contributed by atoms with van der Waals surface area (Å²) in [6.45, 7) is 1.35. The van der Waals surface area contributed by atoms with Crippen molar-refractivity contribution >= 4 is 23.3 Å². The van der Waals surface area contributed by atoms with E-state index in [0.29, 0.717) is 28.5 Å². The van der Waals surface area contributed by atoms with Crippen molar-refractivity contribution in [2.75, 3.05) is 18.4 Å². The van der Waals surface area contributed by atoms with Crippen molar-refractivity contribution in [1.29, 1.82) is 5.26 Å². The maximum Gasteiger partial charge on any atom is 0.253 e. The molecule has 1 aliphatic rings. The third-order valence-corrected chi connectivity index (χ3v) is 4.33. The number of aromatic nitrogens is 1. The number of amides is 1. The Morgan fingerprint density at radius 1 is 1.38 bits per heavy atom. The number of anilines is 1. The van der Waals surface area contributed by atoms with Gasteiger partial charge in [0.2, 0.25) is 0 Å². The second kappa shape index (κ2) is 7.33. The van der Waals surface area contributed by atoms with Gasteiger partial charge in [0.15, 0.2) is 0 Å². The molecule has 5 nitrogen and oxygen atoms in total. The number of likely N-dealkylation sites (tertiary alicyclic amines) is 1. The van der Waals surface area contributed by atoms with Gasteiger partial charge in [0.1, 0.15) is 11.9 Å². The van der Waals surface area contributed by atoms with E-state index in [9.17, 15) is 4.79 Å². The molecule has 0 spiro atoms. The van der Waals surface area contributed by atoms with Gasteiger partial charge in [0, 0.05) is 30.9 Å². The first-order valence-corrected chi connectivity index (χ1v) is 8.21. The first kappa shape index (κ1) is 16.3. The minimum absolute atomic E-state index is 0.0426. The van der Waals surface area contributed by atoms with E-state index in [0.717, 1.165) is 19.4 Å². The summed E-state index contributed by atoms with van der Waals surface area (Å²) in [6, 6.07) is 13.0. The van der Waals surface area contributed by atoms with Gasteiger partial charge in [0.25, 0.3) is 5.91 Å². The van der Waals surface area contributed by atoms with E-state index in [4.69, 9.17) is 16.9 Å². The number of carbonyl (C=O) groups is 1. The maximum atomic E-state index is 12.6. The molecule has 0 saturated carbocycles. The number of halogens is 1. The van der Waals surface area contributed by atoms with Crippen LogP contribution in [-0.4, -0.2) is 34.9 Å². The zero-order chi connectivity index (χ0) is 16.9. The van der Waals surface area contributed by atoms with Crippen molar-refractivity contribution in [2.24, 2.45) is 0 Å². The molecule has 1 unspecified atom stereocenters. The standard InChI is InChI=1S/C18H17ClN4O/c19-16-9-13(10-20)11-21-17(16)22-15-7-4-8-23(12-15)18(24)14-5-2-1-3-6-14/h1-3,5-6,9,11,15H,4,7-8,12H2,(H,21,22). The molecule has 0 bridgehead atoms. The van der Waals surface area contributed by atoms with Crippen LogP contribution in [0.3, 0.4) is 0 Å². The lowest BCUT2D eigenvalue weighted by atomic mass is 10.0. The van der Waals surface area contributed by atoms with Crippen LogP contribution < -0.4 is 5.32 Å². The number of nitrogens with zero attached hydrogens (tertiary/aromatic N) is 3. The first-order chi connectivity index (χ1) is 11.7. The molecule has 1 aromatic heterocycles. The monoisotopic (exact) mass is 340 g/mol. The van der Waals surface area contributed by atoms with Gasteiger partial charge in [-0.05, 0) is 31.0 Å². The molecule has 2 heterocycles. The van der Waals surface area contributed by atoms with Crippen LogP contribution in [0.15, 0.2) is 42.6 Å². The van der Waals surface area contributed by atoms with Crippen molar-refractivity contribution in [2.45, 2.75) is 18.9 Å². The van der Waals surface area contributed by atoms with E-state index in [1.54, 1.807) is 6.07 Å². The molecule has 0 aliphatic carbocycles. The zero-order valence-electron chi connectivity index (χ0n) is 13.1. The molecule has 0 radical (unpaired) electrons. The normalized spacial score (nSPS) is 17.2. The molecule has 122 valence electrons. The average Bonchev–Trinajstić information content (AvgIpc) is 2.63. The molecular weight excluding hydrogens is 324 g/mol. The predicted octanol–water partition coefficient (Wildman–Crippen LogP) is 3.32. The van der Waals surface area contributed by atoms with Crippen LogP contribution in [0.4, 0.5) is 5.82 Å². The van der Waals surface area contributed by atoms with Crippen molar-refractivity contribution < 1.29 is 4.79 Å². The number of nitriles is 1. The van der Waals surface area contributed by atoms with Crippen LogP contribution in [0.25, 0.3) is 0 Å². The van der Waals surface area contributed by atoms with Crippen LogP contribution in [0, 0.1) is 11.3 Å². The number of piperidine rings is 1. The highest BCUT2D eigenvalue weighted by atomic mass is 35.5. The van der Waals surface area contributed by atoms with Crippen LogP contribution in [0.2, 0.25) is 5.02 Å². The molecule has 1 saturated heterocycles. The molecule has 1 N–H and O–H groups in total. The number of pyridine rings is 1. The lowest BCUT2D eigenvalue weighted by molar-refractivity contribution is 0.0714. The summed E-state index contributed by atoms with van der Waals surface area (Å²) >= 11 is 6.17. The van der Waals surface area contributed by atoms with Crippen molar-refractivity contribution in [3.63, 3.8) is 0 Å². The molecular formula is C18H17ClN4O. The molecule has 24 heavy (non-hydrogen) atoms. The maximum absolute atomic E-state index is 12.6. The van der Waals surface area contributed by atoms with E-state index >= 15 is 0 Å². The van der Waals surface area contributed by atoms with Crippen LogP contribution in [0.1, 0.15) is 28.8 Å². The first-order valence-electron chi connectivity index (χ1n) is 7.84. The molecule has 1 amide bonds. The minimum Gasteiger partial charge on any atom is -0.364 e. The summed E-state index contributed by atoms with van der Waals surface area (Å²) < 4.78 is 0. The smallest absolute Gasteiger partial charge is 0.253 e. The van der Waals surface area contributed by atoms with E-state index in [1.165, 1.54) is 6.20 Å². The van der Waals surface area contributed by atoms with Crippen molar-refractivity contribution in [1.82, 2.24) is 9.88 Å². The van der Waals surface area contributed by atoms with Crippen molar-refractivity contribution in [3.8, 4) is 6.07 Å². The van der Waals surface area contributed by atoms with Crippen molar-refractivity contribution in [3.05, 3.63) is 58.7 Å². The van der Waals surface area contributed by atoms with Gasteiger partial charge in [-0.15, -0.1) is 0 Å². The quantitative estimate of drug-likeness (QED) is 0.930. The predicted molar refractivity (Wildman–Crippen MR) is 93.0 cm³/mol. The number of benzene rings is 1. The summed E-state index contributed by atoms with van der Waals surface area (Å²) in [6.07, 6.45) is 3.35. The van der Waals surface area contributed by atoms with Gasteiger partial charge in [0.05, 0.1) is 10.6 Å². The van der Waals surface area contributed by atoms with E-state index < -0.39 is 0 Å². The summed E-state index contributed by atoms with van der Waals surface area (Å²) in [5.41, 5.74) is 1.13. The molecule has 1 atom stereocenters. The fraction of sp³-hybridized carbons (Fsp3) is 0.278. The average molecular weight is 341 g/mol. The van der Waals surface area contributed by atoms with Gasteiger partial charge in [-0.2, -0.15) is 5.26 Å². The Morgan fingerprint density at radius 3 is 2.88 bits per heavy atom. The number of hydrogen-bond donors (Lipinski definition) is 1. The molecule has 1 aliphatic heterocycles. The van der Waals surface area contributed by atoms with Crippen LogP contribution in [-0.2, 0) is 0 Å². The number of nitrogens with one attached hydrogen (secondary N) is 1. The Labute approximate surface area is 145 Å². The summed E-state index contributed by atoms with van der Waals surface area (Å²) in [5, 5.41) is 12.6. The minimum atomic E-state index is 0.0426. The van der Waals surface area contributed by atoms with E-state index in [1.807, 2.05) is 41.3 Å². The van der Waals surface area contributed by atoms with Crippen LogP contribution >= 0.6 is 11.6 Å². The molecule has 6 heteroatoms. The fourth-order valence-electron chi connectivity index (χ4n) is 2.84. The van der Waals surface area contributed by atoms with Gasteiger partial charge in [-0.3, -0.25) is 4.79 Å². The highest BCUT2D eigenvalue weighted by molar-refractivity contribution is 6.33.